The number of ether oxygens (including phenoxy) is 1. The average Bonchev–Trinajstić information content (AvgIpc) is 2.93. The molecule has 0 spiro atoms. The zero-order chi connectivity index (χ0) is 19.6. The molecule has 2 heterocycles. The van der Waals surface area contributed by atoms with Gasteiger partial charge in [-0.3, -0.25) is 4.79 Å². The molecule has 1 fully saturated rings. The number of piperidine rings is 1. The van der Waals surface area contributed by atoms with Crippen molar-refractivity contribution in [2.75, 3.05) is 13.1 Å². The van der Waals surface area contributed by atoms with E-state index in [4.69, 9.17) is 4.74 Å². The summed E-state index contributed by atoms with van der Waals surface area (Å²) in [5, 5.41) is 2.61. The first-order valence-corrected chi connectivity index (χ1v) is 10.5. The van der Waals surface area contributed by atoms with E-state index < -0.39 is 28.1 Å². The van der Waals surface area contributed by atoms with Crippen molar-refractivity contribution in [1.82, 2.24) is 10.2 Å². The van der Waals surface area contributed by atoms with Crippen molar-refractivity contribution in [1.29, 1.82) is 0 Å². The maximum absolute atomic E-state index is 12.7. The fourth-order valence-electron chi connectivity index (χ4n) is 3.35. The summed E-state index contributed by atoms with van der Waals surface area (Å²) in [6.45, 7) is 4.24. The highest BCUT2D eigenvalue weighted by Gasteiger charge is 2.39. The Hall–Kier alpha value is -2.42. The van der Waals surface area contributed by atoms with Crippen LogP contribution in [0.4, 0.5) is 0 Å². The molecule has 2 aliphatic rings. The molecule has 2 atom stereocenters. The topological polar surface area (TPSA) is 105 Å². The van der Waals surface area contributed by atoms with Gasteiger partial charge in [0.25, 0.3) is 15.9 Å². The van der Waals surface area contributed by atoms with Crippen molar-refractivity contribution in [2.24, 2.45) is 4.40 Å². The van der Waals surface area contributed by atoms with Gasteiger partial charge in [0.2, 0.25) is 0 Å². The van der Waals surface area contributed by atoms with Crippen LogP contribution in [0.2, 0.25) is 0 Å². The number of hydrogen-bond donors (Lipinski definition) is 1. The number of nitrogens with zero attached hydrogens (tertiary/aromatic N) is 2. The van der Waals surface area contributed by atoms with Crippen LogP contribution < -0.4 is 5.32 Å². The highest BCUT2D eigenvalue weighted by molar-refractivity contribution is 7.90. The minimum absolute atomic E-state index is 0.147. The number of esters is 1. The Morgan fingerprint density at radius 3 is 2.81 bits per heavy atom. The second-order valence-electron chi connectivity index (χ2n) is 6.56. The van der Waals surface area contributed by atoms with Gasteiger partial charge in [0.05, 0.1) is 0 Å². The van der Waals surface area contributed by atoms with Crippen LogP contribution in [0.15, 0.2) is 33.6 Å². The Kier molecular flexibility index (Phi) is 5.50. The van der Waals surface area contributed by atoms with Crippen LogP contribution in [-0.2, 0) is 24.3 Å². The van der Waals surface area contributed by atoms with E-state index in [0.29, 0.717) is 25.1 Å². The molecule has 27 heavy (non-hydrogen) atoms. The third-order valence-electron chi connectivity index (χ3n) is 4.67. The minimum Gasteiger partial charge on any atom is -0.451 e. The lowest BCUT2D eigenvalue weighted by atomic mass is 10.0. The van der Waals surface area contributed by atoms with E-state index in [0.717, 1.165) is 12.8 Å². The SMILES string of the molecule is CCNC(=O)[C@@H](C)OC(=O)[C@@H]1CCCCN1C1=NS(=O)(=O)c2ccccc21. The largest absolute Gasteiger partial charge is 0.451 e. The number of fused-ring (bicyclic) bond motifs is 1. The molecule has 0 bridgehead atoms. The zero-order valence-electron chi connectivity index (χ0n) is 15.3. The third-order valence-corrected chi connectivity index (χ3v) is 6.00. The third kappa shape index (κ3) is 3.83. The van der Waals surface area contributed by atoms with E-state index in [1.165, 1.54) is 13.0 Å². The van der Waals surface area contributed by atoms with Crippen molar-refractivity contribution in [2.45, 2.75) is 50.2 Å². The van der Waals surface area contributed by atoms with Gasteiger partial charge in [0.1, 0.15) is 10.9 Å². The van der Waals surface area contributed by atoms with Crippen LogP contribution in [0.25, 0.3) is 0 Å². The monoisotopic (exact) mass is 393 g/mol. The van der Waals surface area contributed by atoms with Gasteiger partial charge in [0, 0.05) is 18.7 Å². The number of hydrogen-bond acceptors (Lipinski definition) is 6. The number of amides is 1. The van der Waals surface area contributed by atoms with Gasteiger partial charge in [-0.15, -0.1) is 4.40 Å². The maximum Gasteiger partial charge on any atom is 0.329 e. The van der Waals surface area contributed by atoms with Gasteiger partial charge in [-0.1, -0.05) is 12.1 Å². The summed E-state index contributed by atoms with van der Waals surface area (Å²) >= 11 is 0. The van der Waals surface area contributed by atoms with Crippen LogP contribution in [-0.4, -0.2) is 56.3 Å². The number of sulfonamides is 1. The van der Waals surface area contributed by atoms with Crippen LogP contribution in [0.5, 0.6) is 0 Å². The smallest absolute Gasteiger partial charge is 0.329 e. The summed E-state index contributed by atoms with van der Waals surface area (Å²) in [6.07, 6.45) is 1.23. The molecule has 1 aromatic rings. The summed E-state index contributed by atoms with van der Waals surface area (Å²) in [4.78, 5) is 26.4. The summed E-state index contributed by atoms with van der Waals surface area (Å²) in [6, 6.07) is 5.91. The number of nitrogens with one attached hydrogen (secondary N) is 1. The molecule has 0 saturated carbocycles. The summed E-state index contributed by atoms with van der Waals surface area (Å²) in [5.41, 5.74) is 0.494. The zero-order valence-corrected chi connectivity index (χ0v) is 16.2. The predicted octanol–water partition coefficient (Wildman–Crippen LogP) is 1.06. The van der Waals surface area contributed by atoms with E-state index in [9.17, 15) is 18.0 Å². The van der Waals surface area contributed by atoms with Gasteiger partial charge < -0.3 is 15.0 Å². The summed E-state index contributed by atoms with van der Waals surface area (Å²) < 4.78 is 33.9. The fourth-order valence-corrected chi connectivity index (χ4v) is 4.57. The maximum atomic E-state index is 12.7. The highest BCUT2D eigenvalue weighted by Crippen LogP contribution is 2.31. The molecule has 1 saturated heterocycles. The molecular weight excluding hydrogens is 370 g/mol. The van der Waals surface area contributed by atoms with Crippen molar-refractivity contribution in [3.05, 3.63) is 29.8 Å². The fraction of sp³-hybridized carbons (Fsp3) is 0.500. The quantitative estimate of drug-likeness (QED) is 0.767. The molecule has 0 aromatic heterocycles. The Bertz CT molecular complexity index is 881. The Balaban J connectivity index is 1.85. The van der Waals surface area contributed by atoms with Crippen LogP contribution in [0.1, 0.15) is 38.7 Å². The molecule has 8 nitrogen and oxygen atoms in total. The van der Waals surface area contributed by atoms with Crippen LogP contribution in [0, 0.1) is 0 Å². The lowest BCUT2D eigenvalue weighted by Gasteiger charge is -2.35. The number of likely N-dealkylation sites (tertiary alicyclic amines) is 1. The second kappa shape index (κ2) is 7.67. The number of carbonyl (C=O) groups is 2. The first-order chi connectivity index (χ1) is 12.8. The van der Waals surface area contributed by atoms with E-state index in [-0.39, 0.29) is 16.6 Å². The Labute approximate surface area is 158 Å². The lowest BCUT2D eigenvalue weighted by molar-refractivity contribution is -0.159. The first-order valence-electron chi connectivity index (χ1n) is 9.04. The molecule has 1 aromatic carbocycles. The minimum atomic E-state index is -3.77. The standard InChI is InChI=1S/C18H23N3O5S/c1-3-19-17(22)12(2)26-18(23)14-9-6-7-11-21(14)16-13-8-4-5-10-15(13)27(24,25)20-16/h4-5,8,10,12,14H,3,6-7,9,11H2,1-2H3,(H,19,22)/t12-,14+/m1/s1. The second-order valence-corrected chi connectivity index (χ2v) is 8.14. The van der Waals surface area contributed by atoms with Crippen molar-refractivity contribution in [3.8, 4) is 0 Å². The van der Waals surface area contributed by atoms with E-state index in [1.54, 1.807) is 30.0 Å². The molecule has 0 radical (unpaired) electrons. The first kappa shape index (κ1) is 19.3. The van der Waals surface area contributed by atoms with Gasteiger partial charge in [-0.2, -0.15) is 8.42 Å². The molecule has 0 unspecified atom stereocenters. The number of rotatable bonds is 4. The molecule has 1 amide bonds. The van der Waals surface area contributed by atoms with Crippen LogP contribution >= 0.6 is 0 Å². The van der Waals surface area contributed by atoms with E-state index in [2.05, 4.69) is 9.71 Å². The summed E-state index contributed by atoms with van der Waals surface area (Å²) in [5.74, 6) is -0.629. The van der Waals surface area contributed by atoms with Crippen LogP contribution in [0.3, 0.4) is 0 Å². The molecule has 0 aliphatic carbocycles. The van der Waals surface area contributed by atoms with Gasteiger partial charge >= 0.3 is 5.97 Å². The van der Waals surface area contributed by atoms with Gasteiger partial charge in [-0.05, 0) is 45.2 Å². The predicted molar refractivity (Wildman–Crippen MR) is 98.7 cm³/mol. The van der Waals surface area contributed by atoms with E-state index in [1.807, 2.05) is 0 Å². The highest BCUT2D eigenvalue weighted by atomic mass is 32.2. The molecular formula is C18H23N3O5S. The Morgan fingerprint density at radius 2 is 2.07 bits per heavy atom. The van der Waals surface area contributed by atoms with E-state index >= 15 is 0 Å². The number of likely N-dealkylation sites (N-methyl/N-ethyl adjacent to an activating group) is 1. The number of carbonyl (C=O) groups excluding carboxylic acids is 2. The lowest BCUT2D eigenvalue weighted by Crippen LogP contribution is -2.50. The van der Waals surface area contributed by atoms with Crippen molar-refractivity contribution < 1.29 is 22.7 Å². The number of amidine groups is 1. The normalized spacial score (nSPS) is 21.8. The molecule has 146 valence electrons. The number of benzene rings is 1. The molecule has 9 heteroatoms. The molecule has 2 aliphatic heterocycles. The van der Waals surface area contributed by atoms with Crippen molar-refractivity contribution in [3.63, 3.8) is 0 Å². The average molecular weight is 393 g/mol. The van der Waals surface area contributed by atoms with Crippen molar-refractivity contribution >= 4 is 27.7 Å². The summed E-state index contributed by atoms with van der Waals surface area (Å²) in [7, 11) is -3.77. The Morgan fingerprint density at radius 1 is 1.33 bits per heavy atom. The molecule has 3 rings (SSSR count). The molecule has 1 N–H and O–H groups in total. The van der Waals surface area contributed by atoms with Gasteiger partial charge in [0.15, 0.2) is 11.9 Å². The van der Waals surface area contributed by atoms with Gasteiger partial charge in [-0.25, -0.2) is 4.79 Å².